The maximum absolute atomic E-state index is 12.4. The molecule has 98 valence electrons. The number of nitrogens with zero attached hydrogens (tertiary/aromatic N) is 3. The number of hydrogen-bond donors (Lipinski definition) is 1. The highest BCUT2D eigenvalue weighted by Crippen LogP contribution is 2.21. The van der Waals surface area contributed by atoms with Crippen LogP contribution in [0.4, 0.5) is 5.82 Å². The summed E-state index contributed by atoms with van der Waals surface area (Å²) in [5.41, 5.74) is 0.433. The minimum atomic E-state index is 0.00569. The largest absolute Gasteiger partial charge is 0.372 e. The Kier molecular flexibility index (Phi) is 4.12. The average molecular weight is 248 g/mol. The first-order chi connectivity index (χ1) is 8.76. The Morgan fingerprint density at radius 2 is 2.33 bits per heavy atom. The molecule has 1 aromatic heterocycles. The van der Waals surface area contributed by atoms with Crippen molar-refractivity contribution in [3.05, 3.63) is 18.1 Å². The maximum Gasteiger partial charge on any atom is 0.274 e. The Hall–Kier alpha value is -1.65. The molecule has 0 bridgehead atoms. The van der Waals surface area contributed by atoms with Gasteiger partial charge in [0.1, 0.15) is 11.5 Å². The molecule has 18 heavy (non-hydrogen) atoms. The summed E-state index contributed by atoms with van der Waals surface area (Å²) in [7, 11) is 1.77. The van der Waals surface area contributed by atoms with E-state index in [2.05, 4.69) is 22.2 Å². The minimum absolute atomic E-state index is 0.00569. The number of anilines is 1. The number of amides is 1. The van der Waals surface area contributed by atoms with Crippen LogP contribution in [0.15, 0.2) is 12.4 Å². The van der Waals surface area contributed by atoms with Crippen molar-refractivity contribution in [1.82, 2.24) is 14.9 Å². The molecule has 1 amide bonds. The van der Waals surface area contributed by atoms with Gasteiger partial charge in [-0.2, -0.15) is 0 Å². The zero-order chi connectivity index (χ0) is 13.0. The van der Waals surface area contributed by atoms with E-state index in [1.54, 1.807) is 19.4 Å². The first-order valence-corrected chi connectivity index (χ1v) is 6.57. The molecule has 0 saturated carbocycles. The Bertz CT molecular complexity index is 421. The van der Waals surface area contributed by atoms with E-state index in [4.69, 9.17) is 0 Å². The third kappa shape index (κ3) is 2.60. The Morgan fingerprint density at radius 3 is 3.06 bits per heavy atom. The lowest BCUT2D eigenvalue weighted by molar-refractivity contribution is 0.0601. The van der Waals surface area contributed by atoms with E-state index in [0.29, 0.717) is 17.6 Å². The number of rotatable bonds is 3. The lowest BCUT2D eigenvalue weighted by Crippen LogP contribution is -2.43. The van der Waals surface area contributed by atoms with Gasteiger partial charge in [-0.15, -0.1) is 0 Å². The quantitative estimate of drug-likeness (QED) is 0.888. The highest BCUT2D eigenvalue weighted by Gasteiger charge is 2.27. The van der Waals surface area contributed by atoms with Crippen molar-refractivity contribution in [3.63, 3.8) is 0 Å². The summed E-state index contributed by atoms with van der Waals surface area (Å²) in [5, 5.41) is 2.91. The summed E-state index contributed by atoms with van der Waals surface area (Å²) in [6.07, 6.45) is 7.56. The first-order valence-electron chi connectivity index (χ1n) is 6.57. The molecule has 0 spiro atoms. The fourth-order valence-electron chi connectivity index (χ4n) is 2.43. The zero-order valence-corrected chi connectivity index (χ0v) is 11.0. The van der Waals surface area contributed by atoms with E-state index in [0.717, 1.165) is 25.8 Å². The summed E-state index contributed by atoms with van der Waals surface area (Å²) in [6.45, 7) is 2.97. The molecule has 0 radical (unpaired) electrons. The van der Waals surface area contributed by atoms with Gasteiger partial charge in [-0.3, -0.25) is 9.78 Å². The van der Waals surface area contributed by atoms with Crippen LogP contribution >= 0.6 is 0 Å². The number of nitrogens with one attached hydrogen (secondary N) is 1. The van der Waals surface area contributed by atoms with Gasteiger partial charge in [-0.1, -0.05) is 6.92 Å². The Morgan fingerprint density at radius 1 is 1.50 bits per heavy atom. The van der Waals surface area contributed by atoms with Crippen molar-refractivity contribution in [2.45, 2.75) is 38.6 Å². The molecule has 0 aromatic carbocycles. The number of likely N-dealkylation sites (tertiary alicyclic amines) is 1. The van der Waals surface area contributed by atoms with Gasteiger partial charge in [-0.05, 0) is 25.7 Å². The van der Waals surface area contributed by atoms with Crippen molar-refractivity contribution < 1.29 is 4.79 Å². The molecule has 2 rings (SSSR count). The van der Waals surface area contributed by atoms with Crippen LogP contribution in [0.3, 0.4) is 0 Å². The Balaban J connectivity index is 2.18. The molecule has 1 N–H and O–H groups in total. The highest BCUT2D eigenvalue weighted by molar-refractivity contribution is 5.92. The number of hydrogen-bond acceptors (Lipinski definition) is 4. The van der Waals surface area contributed by atoms with Gasteiger partial charge in [0, 0.05) is 19.6 Å². The smallest absolute Gasteiger partial charge is 0.274 e. The highest BCUT2D eigenvalue weighted by atomic mass is 16.2. The molecule has 1 fully saturated rings. The van der Waals surface area contributed by atoms with Gasteiger partial charge in [0.15, 0.2) is 0 Å². The van der Waals surface area contributed by atoms with Crippen LogP contribution in [-0.4, -0.2) is 40.4 Å². The normalized spacial score (nSPS) is 19.7. The second-order valence-corrected chi connectivity index (χ2v) is 4.60. The molecule has 1 aliphatic rings. The minimum Gasteiger partial charge on any atom is -0.372 e. The lowest BCUT2D eigenvalue weighted by Gasteiger charge is -2.35. The number of carbonyl (C=O) groups is 1. The molecule has 1 atom stereocenters. The maximum atomic E-state index is 12.4. The van der Waals surface area contributed by atoms with E-state index in [1.165, 1.54) is 6.42 Å². The summed E-state index contributed by atoms with van der Waals surface area (Å²) < 4.78 is 0. The standard InChI is InChI=1S/C13H20N4O/c1-3-10-6-4-5-7-17(10)13(18)11-8-15-9-12(14-2)16-11/h8-10H,3-7H2,1-2H3,(H,14,16). The van der Waals surface area contributed by atoms with E-state index >= 15 is 0 Å². The topological polar surface area (TPSA) is 58.1 Å². The monoisotopic (exact) mass is 248 g/mol. The summed E-state index contributed by atoms with van der Waals surface area (Å²) in [5.74, 6) is 0.636. The second kappa shape index (κ2) is 5.80. The molecule has 1 saturated heterocycles. The van der Waals surface area contributed by atoms with Gasteiger partial charge < -0.3 is 10.2 Å². The third-order valence-electron chi connectivity index (χ3n) is 3.47. The molecule has 0 aliphatic carbocycles. The SMILES string of the molecule is CCC1CCCCN1C(=O)c1cncc(NC)n1. The molecular formula is C13H20N4O. The van der Waals surface area contributed by atoms with Gasteiger partial charge in [0.05, 0.1) is 12.4 Å². The van der Waals surface area contributed by atoms with Crippen LogP contribution in [0.1, 0.15) is 43.1 Å². The van der Waals surface area contributed by atoms with Crippen molar-refractivity contribution in [2.24, 2.45) is 0 Å². The third-order valence-corrected chi connectivity index (χ3v) is 3.47. The summed E-state index contributed by atoms with van der Waals surface area (Å²) in [4.78, 5) is 22.7. The van der Waals surface area contributed by atoms with E-state index < -0.39 is 0 Å². The summed E-state index contributed by atoms with van der Waals surface area (Å²) >= 11 is 0. The van der Waals surface area contributed by atoms with Crippen LogP contribution < -0.4 is 5.32 Å². The van der Waals surface area contributed by atoms with Crippen molar-refractivity contribution in [3.8, 4) is 0 Å². The zero-order valence-electron chi connectivity index (χ0n) is 11.0. The molecule has 5 heteroatoms. The van der Waals surface area contributed by atoms with Gasteiger partial charge >= 0.3 is 0 Å². The predicted octanol–water partition coefficient (Wildman–Crippen LogP) is 1.92. The molecule has 2 heterocycles. The van der Waals surface area contributed by atoms with Crippen LogP contribution in [0.2, 0.25) is 0 Å². The van der Waals surface area contributed by atoms with E-state index in [1.807, 2.05) is 4.90 Å². The van der Waals surface area contributed by atoms with Gasteiger partial charge in [0.2, 0.25) is 0 Å². The fourth-order valence-corrected chi connectivity index (χ4v) is 2.43. The van der Waals surface area contributed by atoms with E-state index in [9.17, 15) is 4.79 Å². The van der Waals surface area contributed by atoms with Crippen LogP contribution in [0.5, 0.6) is 0 Å². The summed E-state index contributed by atoms with van der Waals surface area (Å²) in [6, 6.07) is 0.353. The van der Waals surface area contributed by atoms with Crippen LogP contribution in [0, 0.1) is 0 Å². The van der Waals surface area contributed by atoms with E-state index in [-0.39, 0.29) is 5.91 Å². The lowest BCUT2D eigenvalue weighted by atomic mass is 10.00. The second-order valence-electron chi connectivity index (χ2n) is 4.60. The Labute approximate surface area is 108 Å². The molecule has 1 aromatic rings. The number of piperidine rings is 1. The molecule has 1 aliphatic heterocycles. The number of carbonyl (C=O) groups excluding carboxylic acids is 1. The van der Waals surface area contributed by atoms with Crippen molar-refractivity contribution in [2.75, 3.05) is 18.9 Å². The van der Waals surface area contributed by atoms with Crippen molar-refractivity contribution in [1.29, 1.82) is 0 Å². The fraction of sp³-hybridized carbons (Fsp3) is 0.615. The first kappa shape index (κ1) is 12.8. The van der Waals surface area contributed by atoms with Crippen LogP contribution in [-0.2, 0) is 0 Å². The average Bonchev–Trinajstić information content (AvgIpc) is 2.46. The van der Waals surface area contributed by atoms with Gasteiger partial charge in [0.25, 0.3) is 5.91 Å². The molecule has 1 unspecified atom stereocenters. The molecular weight excluding hydrogens is 228 g/mol. The predicted molar refractivity (Wildman–Crippen MR) is 70.5 cm³/mol. The number of aromatic nitrogens is 2. The van der Waals surface area contributed by atoms with Gasteiger partial charge in [-0.25, -0.2) is 4.98 Å². The van der Waals surface area contributed by atoms with Crippen molar-refractivity contribution >= 4 is 11.7 Å². The van der Waals surface area contributed by atoms with Crippen LogP contribution in [0.25, 0.3) is 0 Å². The molecule has 5 nitrogen and oxygen atoms in total.